The van der Waals surface area contributed by atoms with Crippen LogP contribution in [0.15, 0.2) is 24.3 Å². The molecular formula is C14H18NNaO4. The van der Waals surface area contributed by atoms with Crippen molar-refractivity contribution in [3.8, 4) is 5.75 Å². The van der Waals surface area contributed by atoms with Gasteiger partial charge in [0.2, 0.25) is 0 Å². The molecule has 1 aromatic carbocycles. The van der Waals surface area contributed by atoms with E-state index in [2.05, 4.69) is 5.32 Å². The summed E-state index contributed by atoms with van der Waals surface area (Å²) in [7, 11) is 1.57. The second-order valence-corrected chi connectivity index (χ2v) is 4.17. The molecule has 20 heavy (non-hydrogen) atoms. The fourth-order valence-corrected chi connectivity index (χ4v) is 1.62. The van der Waals surface area contributed by atoms with Gasteiger partial charge in [-0.05, 0) is 43.5 Å². The van der Waals surface area contributed by atoms with Crippen molar-refractivity contribution in [1.82, 2.24) is 5.32 Å². The quantitative estimate of drug-likeness (QED) is 0.432. The van der Waals surface area contributed by atoms with Gasteiger partial charge in [-0.2, -0.15) is 0 Å². The number of rotatable bonds is 8. The third-order valence-corrected chi connectivity index (χ3v) is 2.70. The van der Waals surface area contributed by atoms with E-state index in [1.165, 1.54) is 0 Å². The number of carbonyl (C=O) groups is 2. The van der Waals surface area contributed by atoms with Gasteiger partial charge in [-0.1, -0.05) is 6.42 Å². The van der Waals surface area contributed by atoms with Crippen LogP contribution in [0.25, 0.3) is 0 Å². The summed E-state index contributed by atoms with van der Waals surface area (Å²) in [5, 5.41) is 13.0. The van der Waals surface area contributed by atoms with Crippen molar-refractivity contribution in [1.29, 1.82) is 0 Å². The molecule has 1 rings (SSSR count). The molecule has 0 saturated heterocycles. The Kier molecular flexibility index (Phi) is 10.2. The third kappa shape index (κ3) is 7.53. The summed E-state index contributed by atoms with van der Waals surface area (Å²) in [6.07, 6.45) is 2.18. The molecule has 1 aromatic rings. The fraction of sp³-hybridized carbons (Fsp3) is 0.429. The monoisotopic (exact) mass is 287 g/mol. The molecule has 0 radical (unpaired) electrons. The van der Waals surface area contributed by atoms with E-state index in [9.17, 15) is 14.7 Å². The van der Waals surface area contributed by atoms with Gasteiger partial charge in [-0.3, -0.25) is 4.79 Å². The number of amides is 1. The second kappa shape index (κ2) is 10.7. The number of hydrogen-bond donors (Lipinski definition) is 1. The Morgan fingerprint density at radius 1 is 1.15 bits per heavy atom. The summed E-state index contributed by atoms with van der Waals surface area (Å²) < 4.78 is 5.01. The van der Waals surface area contributed by atoms with Crippen LogP contribution >= 0.6 is 0 Å². The number of aliphatic carboxylic acids is 1. The van der Waals surface area contributed by atoms with Gasteiger partial charge < -0.3 is 20.0 Å². The molecule has 0 unspecified atom stereocenters. The van der Waals surface area contributed by atoms with Crippen LogP contribution in [-0.2, 0) is 4.79 Å². The Balaban J connectivity index is 0.00000361. The largest absolute Gasteiger partial charge is 1.00 e. The molecular weight excluding hydrogens is 269 g/mol. The zero-order chi connectivity index (χ0) is 14.1. The van der Waals surface area contributed by atoms with Crippen LogP contribution in [0.1, 0.15) is 36.0 Å². The van der Waals surface area contributed by atoms with Crippen molar-refractivity contribution in [2.24, 2.45) is 0 Å². The van der Waals surface area contributed by atoms with E-state index < -0.39 is 5.97 Å². The van der Waals surface area contributed by atoms with Gasteiger partial charge >= 0.3 is 29.6 Å². The molecule has 0 spiro atoms. The van der Waals surface area contributed by atoms with Crippen LogP contribution < -0.4 is 44.7 Å². The number of methoxy groups -OCH3 is 1. The molecule has 0 fully saturated rings. The molecule has 0 aliphatic heterocycles. The van der Waals surface area contributed by atoms with Crippen LogP contribution in [0.5, 0.6) is 5.75 Å². The minimum atomic E-state index is -1.03. The van der Waals surface area contributed by atoms with E-state index in [0.29, 0.717) is 24.3 Å². The van der Waals surface area contributed by atoms with Crippen molar-refractivity contribution in [3.05, 3.63) is 29.8 Å². The van der Waals surface area contributed by atoms with Crippen molar-refractivity contribution in [3.63, 3.8) is 0 Å². The minimum Gasteiger partial charge on any atom is -0.550 e. The van der Waals surface area contributed by atoms with E-state index in [0.717, 1.165) is 12.8 Å². The van der Waals surface area contributed by atoms with Gasteiger partial charge in [0.1, 0.15) is 5.75 Å². The molecule has 5 nitrogen and oxygen atoms in total. The topological polar surface area (TPSA) is 78.5 Å². The maximum Gasteiger partial charge on any atom is 1.00 e. The molecule has 6 heteroatoms. The van der Waals surface area contributed by atoms with Crippen molar-refractivity contribution < 1.29 is 49.0 Å². The van der Waals surface area contributed by atoms with Gasteiger partial charge in [-0.25, -0.2) is 0 Å². The van der Waals surface area contributed by atoms with E-state index in [4.69, 9.17) is 4.74 Å². The molecule has 0 aliphatic rings. The van der Waals surface area contributed by atoms with E-state index in [-0.39, 0.29) is 41.9 Å². The third-order valence-electron chi connectivity index (χ3n) is 2.70. The predicted molar refractivity (Wildman–Crippen MR) is 68.8 cm³/mol. The average molecular weight is 287 g/mol. The van der Waals surface area contributed by atoms with Crippen molar-refractivity contribution in [2.45, 2.75) is 25.7 Å². The molecule has 0 bridgehead atoms. The van der Waals surface area contributed by atoms with Crippen molar-refractivity contribution >= 4 is 11.9 Å². The number of benzene rings is 1. The molecule has 0 atom stereocenters. The van der Waals surface area contributed by atoms with Crippen LogP contribution in [0, 0.1) is 0 Å². The van der Waals surface area contributed by atoms with E-state index in [1.54, 1.807) is 31.4 Å². The second-order valence-electron chi connectivity index (χ2n) is 4.17. The Labute approximate surface area is 141 Å². The Morgan fingerprint density at radius 3 is 2.35 bits per heavy atom. The summed E-state index contributed by atoms with van der Waals surface area (Å²) in [4.78, 5) is 21.9. The predicted octanol–water partition coefficient (Wildman–Crippen LogP) is -2.26. The molecule has 0 aliphatic carbocycles. The maximum absolute atomic E-state index is 11.7. The Hall–Kier alpha value is -1.04. The first kappa shape index (κ1) is 19.0. The molecule has 1 N–H and O–H groups in total. The number of carboxylic acid groups (broad SMARTS) is 1. The first-order valence-corrected chi connectivity index (χ1v) is 6.25. The first-order chi connectivity index (χ1) is 9.13. The summed E-state index contributed by atoms with van der Waals surface area (Å²) >= 11 is 0. The molecule has 104 valence electrons. The first-order valence-electron chi connectivity index (χ1n) is 6.25. The minimum absolute atomic E-state index is 0. The fourth-order valence-electron chi connectivity index (χ4n) is 1.62. The number of unbranched alkanes of at least 4 members (excludes halogenated alkanes) is 2. The normalized spacial score (nSPS) is 9.45. The number of ether oxygens (including phenoxy) is 1. The van der Waals surface area contributed by atoms with Crippen LogP contribution in [0.3, 0.4) is 0 Å². The van der Waals surface area contributed by atoms with Crippen LogP contribution in [-0.4, -0.2) is 25.5 Å². The number of carboxylic acids is 1. The molecule has 0 saturated carbocycles. The Bertz CT molecular complexity index is 420. The number of hydrogen-bond acceptors (Lipinski definition) is 4. The molecule has 0 aromatic heterocycles. The van der Waals surface area contributed by atoms with Gasteiger partial charge in [0.15, 0.2) is 0 Å². The number of carbonyl (C=O) groups excluding carboxylic acids is 2. The smallest absolute Gasteiger partial charge is 0.550 e. The van der Waals surface area contributed by atoms with Gasteiger partial charge in [-0.15, -0.1) is 0 Å². The standard InChI is InChI=1S/C14H19NO4.Na/c1-19-12-8-6-11(7-9-12)14(18)15-10-4-2-3-5-13(16)17;/h6-9H,2-5,10H2,1H3,(H,15,18)(H,16,17);/q;+1/p-1. The summed E-state index contributed by atoms with van der Waals surface area (Å²) in [5.74, 6) is -0.455. The summed E-state index contributed by atoms with van der Waals surface area (Å²) in [5.41, 5.74) is 0.579. The van der Waals surface area contributed by atoms with Crippen LogP contribution in [0.2, 0.25) is 0 Å². The Morgan fingerprint density at radius 2 is 1.80 bits per heavy atom. The van der Waals surface area contributed by atoms with E-state index in [1.807, 2.05) is 0 Å². The van der Waals surface area contributed by atoms with Crippen molar-refractivity contribution in [2.75, 3.05) is 13.7 Å². The summed E-state index contributed by atoms with van der Waals surface area (Å²) in [6.45, 7) is 0.540. The zero-order valence-electron chi connectivity index (χ0n) is 12.0. The average Bonchev–Trinajstić information content (AvgIpc) is 2.42. The van der Waals surface area contributed by atoms with Gasteiger partial charge in [0, 0.05) is 18.1 Å². The van der Waals surface area contributed by atoms with Gasteiger partial charge in [0.25, 0.3) is 5.91 Å². The number of nitrogens with one attached hydrogen (secondary N) is 1. The SMILES string of the molecule is COc1ccc(C(=O)NCCCCCC(=O)[O-])cc1.[Na+]. The van der Waals surface area contributed by atoms with E-state index >= 15 is 0 Å². The molecule has 0 heterocycles. The maximum atomic E-state index is 11.7. The summed E-state index contributed by atoms with van der Waals surface area (Å²) in [6, 6.07) is 6.86. The molecule has 1 amide bonds. The zero-order valence-corrected chi connectivity index (χ0v) is 14.0. The van der Waals surface area contributed by atoms with Gasteiger partial charge in [0.05, 0.1) is 7.11 Å². The van der Waals surface area contributed by atoms with Crippen LogP contribution in [0.4, 0.5) is 0 Å².